The van der Waals surface area contributed by atoms with Gasteiger partial charge < -0.3 is 4.57 Å². The van der Waals surface area contributed by atoms with Gasteiger partial charge in [0.25, 0.3) is 11.8 Å². The maximum absolute atomic E-state index is 12.2. The fourth-order valence-electron chi connectivity index (χ4n) is 2.28. The summed E-state index contributed by atoms with van der Waals surface area (Å²) in [5, 5.41) is 8.59. The predicted octanol–water partition coefficient (Wildman–Crippen LogP) is 1.86. The second-order valence-corrected chi connectivity index (χ2v) is 7.01. The minimum atomic E-state index is -0.401. The van der Waals surface area contributed by atoms with Crippen LogP contribution < -0.4 is 10.9 Å². The van der Waals surface area contributed by atoms with Crippen LogP contribution in [-0.4, -0.2) is 31.8 Å². The summed E-state index contributed by atoms with van der Waals surface area (Å²) in [4.78, 5) is 24.1. The third-order valence-electron chi connectivity index (χ3n) is 3.73. The van der Waals surface area contributed by atoms with E-state index in [-0.39, 0.29) is 11.8 Å². The van der Waals surface area contributed by atoms with E-state index >= 15 is 0 Å². The molecule has 1 atom stereocenters. The number of rotatable bonds is 5. The number of hydrazine groups is 1. The molecule has 8 heteroatoms. The summed E-state index contributed by atoms with van der Waals surface area (Å²) in [7, 11) is 0. The van der Waals surface area contributed by atoms with Crippen LogP contribution >= 0.6 is 11.8 Å². The molecule has 7 nitrogen and oxygen atoms in total. The van der Waals surface area contributed by atoms with Crippen LogP contribution in [0.3, 0.4) is 0 Å². The van der Waals surface area contributed by atoms with Crippen LogP contribution in [0.25, 0.3) is 0 Å². The van der Waals surface area contributed by atoms with Crippen LogP contribution in [0.1, 0.15) is 42.0 Å². The third-order valence-corrected chi connectivity index (χ3v) is 4.79. The number of hydrogen-bond acceptors (Lipinski definition) is 5. The van der Waals surface area contributed by atoms with E-state index < -0.39 is 5.25 Å². The summed E-state index contributed by atoms with van der Waals surface area (Å²) in [5.41, 5.74) is 5.37. The van der Waals surface area contributed by atoms with Crippen LogP contribution in [0, 0.1) is 6.92 Å². The summed E-state index contributed by atoms with van der Waals surface area (Å²) in [5.74, 6) is 0.232. The molecule has 2 amide bonds. The van der Waals surface area contributed by atoms with Gasteiger partial charge in [0.05, 0.1) is 5.25 Å². The molecule has 1 heterocycles. The first-order valence-corrected chi connectivity index (χ1v) is 8.67. The molecule has 126 valence electrons. The van der Waals surface area contributed by atoms with E-state index in [9.17, 15) is 9.59 Å². The molecule has 0 aliphatic heterocycles. The Hall–Kier alpha value is -2.35. The largest absolute Gasteiger partial charge is 0.303 e. The average Bonchev–Trinajstić information content (AvgIpc) is 3.37. The molecular formula is C16H19N5O2S. The van der Waals surface area contributed by atoms with Gasteiger partial charge in [0.15, 0.2) is 5.16 Å². The van der Waals surface area contributed by atoms with Gasteiger partial charge in [0.1, 0.15) is 5.82 Å². The van der Waals surface area contributed by atoms with Crippen LogP contribution in [0.5, 0.6) is 0 Å². The summed E-state index contributed by atoms with van der Waals surface area (Å²) in [6.07, 6.45) is 2.25. The number of nitrogens with zero attached hydrogens (tertiary/aromatic N) is 3. The van der Waals surface area contributed by atoms with E-state index in [1.165, 1.54) is 11.8 Å². The van der Waals surface area contributed by atoms with Crippen LogP contribution in [-0.2, 0) is 4.79 Å². The molecule has 1 aromatic carbocycles. The molecule has 0 bridgehead atoms. The third kappa shape index (κ3) is 3.76. The molecule has 1 aromatic heterocycles. The van der Waals surface area contributed by atoms with Gasteiger partial charge in [-0.05, 0) is 38.8 Å². The number of thioether (sulfide) groups is 1. The molecule has 1 aliphatic carbocycles. The number of carbonyl (C=O) groups excluding carboxylic acids is 2. The lowest BCUT2D eigenvalue weighted by Crippen LogP contribution is -2.44. The van der Waals surface area contributed by atoms with Crippen LogP contribution in [0.15, 0.2) is 35.5 Å². The summed E-state index contributed by atoms with van der Waals surface area (Å²) >= 11 is 1.34. The predicted molar refractivity (Wildman–Crippen MR) is 90.4 cm³/mol. The molecule has 0 radical (unpaired) electrons. The fraction of sp³-hybridized carbons (Fsp3) is 0.375. The van der Waals surface area contributed by atoms with Gasteiger partial charge in [0, 0.05) is 11.6 Å². The van der Waals surface area contributed by atoms with E-state index in [4.69, 9.17) is 0 Å². The normalized spacial score (nSPS) is 14.9. The number of carbonyl (C=O) groups is 2. The number of benzene rings is 1. The number of aryl methyl sites for hydroxylation is 1. The summed E-state index contributed by atoms with van der Waals surface area (Å²) in [6.45, 7) is 3.69. The highest BCUT2D eigenvalue weighted by Gasteiger charge is 2.29. The Morgan fingerprint density at radius 2 is 1.92 bits per heavy atom. The van der Waals surface area contributed by atoms with Gasteiger partial charge in [-0.15, -0.1) is 10.2 Å². The van der Waals surface area contributed by atoms with Crippen molar-refractivity contribution in [3.05, 3.63) is 41.7 Å². The Morgan fingerprint density at radius 1 is 1.21 bits per heavy atom. The molecule has 0 spiro atoms. The van der Waals surface area contributed by atoms with Crippen molar-refractivity contribution in [2.24, 2.45) is 0 Å². The monoisotopic (exact) mass is 345 g/mol. The number of aromatic nitrogens is 3. The number of nitrogens with one attached hydrogen (secondary N) is 2. The molecule has 0 unspecified atom stereocenters. The lowest BCUT2D eigenvalue weighted by atomic mass is 10.2. The molecule has 1 fully saturated rings. The highest BCUT2D eigenvalue weighted by atomic mass is 32.2. The Labute approximate surface area is 144 Å². The van der Waals surface area contributed by atoms with E-state index in [0.717, 1.165) is 23.8 Å². The van der Waals surface area contributed by atoms with Gasteiger partial charge >= 0.3 is 0 Å². The van der Waals surface area contributed by atoms with Gasteiger partial charge in [-0.2, -0.15) is 0 Å². The second-order valence-electron chi connectivity index (χ2n) is 5.70. The fourth-order valence-corrected chi connectivity index (χ4v) is 3.24. The van der Waals surface area contributed by atoms with Crippen molar-refractivity contribution in [3.63, 3.8) is 0 Å². The molecule has 1 aliphatic rings. The average molecular weight is 345 g/mol. The Morgan fingerprint density at radius 3 is 2.58 bits per heavy atom. The first-order valence-electron chi connectivity index (χ1n) is 7.79. The minimum absolute atomic E-state index is 0.285. The molecule has 24 heavy (non-hydrogen) atoms. The summed E-state index contributed by atoms with van der Waals surface area (Å²) in [6, 6.07) is 9.17. The standard InChI is InChI=1S/C16H19N5O2S/c1-10(24-16-20-17-11(2)21(16)13-8-9-13)14(22)18-19-15(23)12-6-4-3-5-7-12/h3-7,10,13H,8-9H2,1-2H3,(H,18,22)(H,19,23)/t10-/m0/s1. The number of hydrogen-bond donors (Lipinski definition) is 2. The Bertz CT molecular complexity index is 742. The lowest BCUT2D eigenvalue weighted by Gasteiger charge is -2.13. The molecule has 0 saturated heterocycles. The lowest BCUT2D eigenvalue weighted by molar-refractivity contribution is -0.121. The van der Waals surface area contributed by atoms with E-state index in [1.807, 2.05) is 13.0 Å². The topological polar surface area (TPSA) is 88.9 Å². The molecule has 2 N–H and O–H groups in total. The maximum Gasteiger partial charge on any atom is 0.269 e. The van der Waals surface area contributed by atoms with Gasteiger partial charge in [-0.1, -0.05) is 30.0 Å². The van der Waals surface area contributed by atoms with E-state index in [0.29, 0.717) is 11.6 Å². The van der Waals surface area contributed by atoms with Crippen molar-refractivity contribution >= 4 is 23.6 Å². The highest BCUT2D eigenvalue weighted by molar-refractivity contribution is 8.00. The van der Waals surface area contributed by atoms with Gasteiger partial charge in [-0.3, -0.25) is 20.4 Å². The first kappa shape index (κ1) is 16.5. The van der Waals surface area contributed by atoms with Crippen LogP contribution in [0.4, 0.5) is 0 Å². The quantitative estimate of drug-likeness (QED) is 0.638. The van der Waals surface area contributed by atoms with E-state index in [1.54, 1.807) is 31.2 Å². The maximum atomic E-state index is 12.2. The summed E-state index contributed by atoms with van der Waals surface area (Å²) < 4.78 is 2.08. The zero-order valence-electron chi connectivity index (χ0n) is 13.5. The first-order chi connectivity index (χ1) is 11.6. The van der Waals surface area contributed by atoms with Crippen molar-refractivity contribution in [3.8, 4) is 0 Å². The second kappa shape index (κ2) is 7.04. The van der Waals surface area contributed by atoms with Crippen LogP contribution in [0.2, 0.25) is 0 Å². The van der Waals surface area contributed by atoms with Crippen molar-refractivity contribution in [1.29, 1.82) is 0 Å². The van der Waals surface area contributed by atoms with Crippen molar-refractivity contribution in [1.82, 2.24) is 25.6 Å². The molecular weight excluding hydrogens is 326 g/mol. The molecule has 1 saturated carbocycles. The smallest absolute Gasteiger partial charge is 0.269 e. The van der Waals surface area contributed by atoms with Gasteiger partial charge in [0.2, 0.25) is 0 Å². The zero-order valence-corrected chi connectivity index (χ0v) is 14.3. The van der Waals surface area contributed by atoms with Gasteiger partial charge in [-0.25, -0.2) is 0 Å². The van der Waals surface area contributed by atoms with Crippen molar-refractivity contribution < 1.29 is 9.59 Å². The molecule has 3 rings (SSSR count). The highest BCUT2D eigenvalue weighted by Crippen LogP contribution is 2.39. The van der Waals surface area contributed by atoms with E-state index in [2.05, 4.69) is 25.6 Å². The molecule has 2 aromatic rings. The Balaban J connectivity index is 1.55. The number of amides is 2. The minimum Gasteiger partial charge on any atom is -0.303 e. The Kier molecular flexibility index (Phi) is 4.84. The SMILES string of the molecule is Cc1nnc(S[C@@H](C)C(=O)NNC(=O)c2ccccc2)n1C1CC1. The van der Waals surface area contributed by atoms with Crippen molar-refractivity contribution in [2.75, 3.05) is 0 Å². The zero-order chi connectivity index (χ0) is 17.1. The van der Waals surface area contributed by atoms with Crippen molar-refractivity contribution in [2.45, 2.75) is 43.1 Å².